The molecule has 0 saturated heterocycles. The van der Waals surface area contributed by atoms with Gasteiger partial charge < -0.3 is 14.9 Å². The van der Waals surface area contributed by atoms with Gasteiger partial charge in [0.15, 0.2) is 0 Å². The Morgan fingerprint density at radius 3 is 2.34 bits per heavy atom. The van der Waals surface area contributed by atoms with Crippen LogP contribution in [0.3, 0.4) is 0 Å². The molecule has 2 N–H and O–H groups in total. The van der Waals surface area contributed by atoms with Gasteiger partial charge in [0.25, 0.3) is 0 Å². The highest BCUT2D eigenvalue weighted by atomic mass is 16.6. The van der Waals surface area contributed by atoms with Crippen LogP contribution in [0.4, 0.5) is 0 Å². The van der Waals surface area contributed by atoms with E-state index in [9.17, 15) is 15.0 Å². The quantitative estimate of drug-likeness (QED) is 0.326. The van der Waals surface area contributed by atoms with E-state index in [0.29, 0.717) is 17.6 Å². The van der Waals surface area contributed by atoms with Crippen molar-refractivity contribution in [3.8, 4) is 11.5 Å². The molecule has 0 saturated carbocycles. The summed E-state index contributed by atoms with van der Waals surface area (Å²) in [6, 6.07) is 3.49. The highest BCUT2D eigenvalue weighted by Gasteiger charge is 2.33. The van der Waals surface area contributed by atoms with Crippen LogP contribution in [0.2, 0.25) is 0 Å². The molecule has 29 heavy (non-hydrogen) atoms. The van der Waals surface area contributed by atoms with Crippen molar-refractivity contribution in [1.82, 2.24) is 0 Å². The zero-order valence-electron chi connectivity index (χ0n) is 18.5. The lowest BCUT2D eigenvalue weighted by Gasteiger charge is -2.32. The first-order valence-corrected chi connectivity index (χ1v) is 10.7. The Bertz CT molecular complexity index is 759. The Balaban J connectivity index is 2.40. The first-order chi connectivity index (χ1) is 13.5. The fraction of sp³-hybridized carbons (Fsp3) is 0.560. The number of ether oxygens (including phenoxy) is 1. The highest BCUT2D eigenvalue weighted by Crippen LogP contribution is 2.46. The molecule has 4 heteroatoms. The molecule has 0 amide bonds. The zero-order valence-corrected chi connectivity index (χ0v) is 18.5. The summed E-state index contributed by atoms with van der Waals surface area (Å²) in [5, 5.41) is 21.5. The van der Waals surface area contributed by atoms with Crippen molar-refractivity contribution in [2.45, 2.75) is 84.7 Å². The van der Waals surface area contributed by atoms with E-state index in [1.807, 2.05) is 33.8 Å². The minimum atomic E-state index is -0.566. The number of allylic oxidation sites excluding steroid dienone is 2. The molecule has 0 radical (unpaired) electrons. The second-order valence-electron chi connectivity index (χ2n) is 9.22. The second kappa shape index (κ2) is 9.51. The van der Waals surface area contributed by atoms with Gasteiger partial charge in [-0.1, -0.05) is 38.0 Å². The van der Waals surface area contributed by atoms with Crippen LogP contribution < -0.4 is 0 Å². The van der Waals surface area contributed by atoms with Crippen LogP contribution in [0.15, 0.2) is 35.9 Å². The second-order valence-corrected chi connectivity index (χ2v) is 9.22. The number of carbonyl (C=O) groups excluding carboxylic acids is 1. The summed E-state index contributed by atoms with van der Waals surface area (Å²) in [7, 11) is 0. The predicted octanol–water partition coefficient (Wildman–Crippen LogP) is 6.17. The number of phenolic OH excluding ortho intramolecular Hbond substituents is 2. The van der Waals surface area contributed by atoms with Crippen molar-refractivity contribution in [1.29, 1.82) is 0 Å². The number of esters is 1. The van der Waals surface area contributed by atoms with E-state index in [1.54, 1.807) is 12.1 Å². The van der Waals surface area contributed by atoms with Gasteiger partial charge in [0, 0.05) is 17.1 Å². The molecule has 1 aromatic carbocycles. The monoisotopic (exact) mass is 400 g/mol. The molecular formula is C25H36O4. The van der Waals surface area contributed by atoms with Gasteiger partial charge in [-0.15, -0.1) is 0 Å². The van der Waals surface area contributed by atoms with E-state index >= 15 is 0 Å². The molecule has 0 aliphatic heterocycles. The Hall–Kier alpha value is -2.23. The van der Waals surface area contributed by atoms with Crippen LogP contribution in [0.1, 0.15) is 83.8 Å². The molecule has 2 rings (SSSR count). The SMILES string of the molecule is C=C(C)[C@@H]1CCC(C(=O)OC(C)(C)C)=C[C@H]1c1c(O)cc(CCCCC)cc1O. The van der Waals surface area contributed by atoms with Crippen LogP contribution >= 0.6 is 0 Å². The molecule has 1 aliphatic rings. The number of hydrogen-bond acceptors (Lipinski definition) is 4. The van der Waals surface area contributed by atoms with Gasteiger partial charge in [0.1, 0.15) is 17.1 Å². The maximum absolute atomic E-state index is 12.6. The maximum atomic E-state index is 12.6. The van der Waals surface area contributed by atoms with Crippen molar-refractivity contribution >= 4 is 5.97 Å². The fourth-order valence-electron chi connectivity index (χ4n) is 4.00. The number of aryl methyl sites for hydroxylation is 1. The summed E-state index contributed by atoms with van der Waals surface area (Å²) in [6.45, 7) is 13.7. The summed E-state index contributed by atoms with van der Waals surface area (Å²) in [4.78, 5) is 12.6. The summed E-state index contributed by atoms with van der Waals surface area (Å²) >= 11 is 0. The largest absolute Gasteiger partial charge is 0.507 e. The highest BCUT2D eigenvalue weighted by molar-refractivity contribution is 5.89. The third-order valence-electron chi connectivity index (χ3n) is 5.43. The van der Waals surface area contributed by atoms with E-state index in [2.05, 4.69) is 13.5 Å². The topological polar surface area (TPSA) is 66.8 Å². The molecule has 0 spiro atoms. The zero-order chi connectivity index (χ0) is 21.8. The van der Waals surface area contributed by atoms with Gasteiger partial charge in [-0.05, 0) is 77.0 Å². The third-order valence-corrected chi connectivity index (χ3v) is 5.43. The molecule has 0 bridgehead atoms. The van der Waals surface area contributed by atoms with E-state index in [4.69, 9.17) is 4.74 Å². The standard InChI is InChI=1S/C25H36O4/c1-7-8-9-10-17-13-21(26)23(22(27)14-17)20-15-18(11-12-19(20)16(2)3)24(28)29-25(4,5)6/h13-15,19-20,26-27H,2,7-12H2,1,3-6H3/t19-,20+/m0/s1. The van der Waals surface area contributed by atoms with Crippen LogP contribution in [0, 0.1) is 5.92 Å². The predicted molar refractivity (Wildman–Crippen MR) is 117 cm³/mol. The van der Waals surface area contributed by atoms with Crippen LogP contribution in [-0.2, 0) is 16.0 Å². The van der Waals surface area contributed by atoms with E-state index in [-0.39, 0.29) is 29.3 Å². The number of unbranched alkanes of at least 4 members (excludes halogenated alkanes) is 2. The average Bonchev–Trinajstić information content (AvgIpc) is 2.59. The number of phenols is 2. The van der Waals surface area contributed by atoms with Crippen LogP contribution in [-0.4, -0.2) is 21.8 Å². The normalized spacial score (nSPS) is 19.6. The van der Waals surface area contributed by atoms with E-state index in [1.165, 1.54) is 0 Å². The first kappa shape index (κ1) is 23.1. The fourth-order valence-corrected chi connectivity index (χ4v) is 4.00. The molecule has 0 aromatic heterocycles. The van der Waals surface area contributed by atoms with Crippen LogP contribution in [0.5, 0.6) is 11.5 Å². The smallest absolute Gasteiger partial charge is 0.334 e. The Morgan fingerprint density at radius 2 is 1.83 bits per heavy atom. The third kappa shape index (κ3) is 6.12. The number of carbonyl (C=O) groups is 1. The Morgan fingerprint density at radius 1 is 1.21 bits per heavy atom. The van der Waals surface area contributed by atoms with Crippen molar-refractivity contribution in [2.24, 2.45) is 5.92 Å². The first-order valence-electron chi connectivity index (χ1n) is 10.7. The van der Waals surface area contributed by atoms with Gasteiger partial charge in [0.05, 0.1) is 0 Å². The van der Waals surface area contributed by atoms with E-state index < -0.39 is 5.60 Å². The van der Waals surface area contributed by atoms with Crippen LogP contribution in [0.25, 0.3) is 0 Å². The molecule has 0 unspecified atom stereocenters. The molecule has 4 nitrogen and oxygen atoms in total. The van der Waals surface area contributed by atoms with Gasteiger partial charge in [0.2, 0.25) is 0 Å². The molecular weight excluding hydrogens is 364 g/mol. The molecule has 1 aromatic rings. The summed E-state index contributed by atoms with van der Waals surface area (Å²) in [5.41, 5.74) is 2.39. The lowest BCUT2D eigenvalue weighted by molar-refractivity contribution is -0.150. The number of benzene rings is 1. The van der Waals surface area contributed by atoms with E-state index in [0.717, 1.165) is 43.2 Å². The van der Waals surface area contributed by atoms with Crippen molar-refractivity contribution in [3.05, 3.63) is 47.1 Å². The van der Waals surface area contributed by atoms with Crippen molar-refractivity contribution in [3.63, 3.8) is 0 Å². The minimum absolute atomic E-state index is 0.0453. The van der Waals surface area contributed by atoms with Gasteiger partial charge in [-0.2, -0.15) is 0 Å². The number of rotatable bonds is 7. The lowest BCUT2D eigenvalue weighted by atomic mass is 9.73. The lowest BCUT2D eigenvalue weighted by Crippen LogP contribution is -2.27. The summed E-state index contributed by atoms with van der Waals surface area (Å²) in [6.07, 6.45) is 7.25. The molecule has 0 heterocycles. The van der Waals surface area contributed by atoms with Gasteiger partial charge in [-0.3, -0.25) is 0 Å². The molecule has 160 valence electrons. The van der Waals surface area contributed by atoms with Crippen molar-refractivity contribution < 1.29 is 19.7 Å². The molecule has 1 aliphatic carbocycles. The van der Waals surface area contributed by atoms with Gasteiger partial charge >= 0.3 is 5.97 Å². The van der Waals surface area contributed by atoms with Gasteiger partial charge in [-0.25, -0.2) is 4.79 Å². The maximum Gasteiger partial charge on any atom is 0.334 e. The minimum Gasteiger partial charge on any atom is -0.507 e. The Kier molecular flexibility index (Phi) is 7.56. The number of aromatic hydroxyl groups is 2. The molecule has 0 fully saturated rings. The summed E-state index contributed by atoms with van der Waals surface area (Å²) in [5.74, 6) is -0.445. The molecule has 2 atom stereocenters. The Labute approximate surface area is 175 Å². The summed E-state index contributed by atoms with van der Waals surface area (Å²) < 4.78 is 5.54. The number of hydrogen-bond donors (Lipinski definition) is 2. The average molecular weight is 401 g/mol. The van der Waals surface area contributed by atoms with Crippen molar-refractivity contribution in [2.75, 3.05) is 0 Å².